The molecule has 1 aliphatic rings. The van der Waals surface area contributed by atoms with Gasteiger partial charge in [-0.1, -0.05) is 59.9 Å². The first-order chi connectivity index (χ1) is 14.1. The van der Waals surface area contributed by atoms with Gasteiger partial charge in [-0.3, -0.25) is 14.9 Å². The third-order valence-corrected chi connectivity index (χ3v) is 5.75. The Bertz CT molecular complexity index is 1050. The molecule has 4 rings (SSSR count). The summed E-state index contributed by atoms with van der Waals surface area (Å²) in [4.78, 5) is 26.6. The molecule has 1 aromatic heterocycles. The molecule has 0 spiro atoms. The monoisotopic (exact) mass is 404 g/mol. The molecule has 0 bridgehead atoms. The predicted molar refractivity (Wildman–Crippen MR) is 115 cm³/mol. The minimum absolute atomic E-state index is 0.0215. The fourth-order valence-corrected chi connectivity index (χ4v) is 4.07. The summed E-state index contributed by atoms with van der Waals surface area (Å²) in [6, 6.07) is 19.3. The Labute approximate surface area is 172 Å². The molecular weight excluding hydrogens is 384 g/mol. The smallest absolute Gasteiger partial charge is 0.253 e. The van der Waals surface area contributed by atoms with Gasteiger partial charge in [-0.05, 0) is 30.7 Å². The van der Waals surface area contributed by atoms with E-state index in [1.54, 1.807) is 11.8 Å². The molecule has 2 aromatic carbocycles. The number of aromatic nitrogens is 2. The summed E-state index contributed by atoms with van der Waals surface area (Å²) in [5.41, 5.74) is 2.43. The summed E-state index contributed by atoms with van der Waals surface area (Å²) < 4.78 is 0. The Morgan fingerprint density at radius 2 is 1.79 bits per heavy atom. The van der Waals surface area contributed by atoms with Gasteiger partial charge in [0.2, 0.25) is 11.0 Å². The van der Waals surface area contributed by atoms with E-state index in [1.165, 1.54) is 11.3 Å². The van der Waals surface area contributed by atoms with E-state index in [0.717, 1.165) is 16.3 Å². The molecule has 0 saturated carbocycles. The Hall–Kier alpha value is -3.32. The predicted octanol–water partition coefficient (Wildman–Crippen LogP) is 4.10. The molecule has 0 radical (unpaired) electrons. The van der Waals surface area contributed by atoms with E-state index >= 15 is 0 Å². The van der Waals surface area contributed by atoms with Gasteiger partial charge in [0, 0.05) is 30.1 Å². The molecule has 1 atom stereocenters. The first-order valence-corrected chi connectivity index (χ1v) is 10.2. The van der Waals surface area contributed by atoms with E-state index in [1.807, 2.05) is 66.7 Å². The number of hydrogen-bond acceptors (Lipinski definition) is 5. The topological polar surface area (TPSA) is 75.2 Å². The molecule has 1 fully saturated rings. The molecule has 1 saturated heterocycles. The highest BCUT2D eigenvalue weighted by atomic mass is 32.1. The summed E-state index contributed by atoms with van der Waals surface area (Å²) in [7, 11) is 0. The lowest BCUT2D eigenvalue weighted by atomic mass is 10.1. The summed E-state index contributed by atoms with van der Waals surface area (Å²) in [5, 5.41) is 12.3. The van der Waals surface area contributed by atoms with Crippen molar-refractivity contribution in [3.63, 3.8) is 0 Å². The van der Waals surface area contributed by atoms with Crippen LogP contribution in [0.2, 0.25) is 0 Å². The molecule has 0 aliphatic carbocycles. The maximum atomic E-state index is 12.4. The maximum absolute atomic E-state index is 12.4. The van der Waals surface area contributed by atoms with Crippen molar-refractivity contribution in [2.75, 3.05) is 16.8 Å². The van der Waals surface area contributed by atoms with E-state index in [-0.39, 0.29) is 17.7 Å². The van der Waals surface area contributed by atoms with E-state index in [4.69, 9.17) is 0 Å². The molecule has 1 unspecified atom stereocenters. The third kappa shape index (κ3) is 4.41. The second-order valence-electron chi connectivity index (χ2n) is 6.88. The van der Waals surface area contributed by atoms with Gasteiger partial charge in [-0.25, -0.2) is 0 Å². The molecule has 1 aliphatic heterocycles. The Balaban J connectivity index is 1.42. The molecule has 146 valence electrons. The van der Waals surface area contributed by atoms with Crippen LogP contribution in [0.15, 0.2) is 66.2 Å². The normalized spacial score (nSPS) is 16.9. The molecule has 7 heteroatoms. The van der Waals surface area contributed by atoms with Crippen molar-refractivity contribution in [2.24, 2.45) is 0 Å². The number of nitrogens with zero attached hydrogens (tertiary/aromatic N) is 3. The number of nitrogens with one attached hydrogen (secondary N) is 1. The zero-order valence-electron chi connectivity index (χ0n) is 15.9. The second kappa shape index (κ2) is 8.36. The van der Waals surface area contributed by atoms with E-state index in [0.29, 0.717) is 23.7 Å². The number of benzene rings is 2. The largest absolute Gasteiger partial charge is 0.312 e. The number of para-hydroxylation sites is 1. The molecular formula is C22H20N4O2S. The van der Waals surface area contributed by atoms with Gasteiger partial charge in [0.05, 0.1) is 0 Å². The molecule has 6 nitrogen and oxygen atoms in total. The zero-order chi connectivity index (χ0) is 20.2. The molecule has 2 heterocycles. The van der Waals surface area contributed by atoms with Crippen molar-refractivity contribution in [1.29, 1.82) is 0 Å². The highest BCUT2D eigenvalue weighted by Crippen LogP contribution is 2.34. The second-order valence-corrected chi connectivity index (χ2v) is 7.89. The molecule has 1 N–H and O–H groups in total. The summed E-state index contributed by atoms with van der Waals surface area (Å²) >= 11 is 1.32. The molecule has 2 amide bonds. The van der Waals surface area contributed by atoms with Crippen molar-refractivity contribution in [3.8, 4) is 0 Å². The quantitative estimate of drug-likeness (QED) is 0.650. The Morgan fingerprint density at radius 1 is 1.10 bits per heavy atom. The van der Waals surface area contributed by atoms with E-state index in [2.05, 4.69) is 15.5 Å². The van der Waals surface area contributed by atoms with Gasteiger partial charge in [-0.2, -0.15) is 0 Å². The van der Waals surface area contributed by atoms with Crippen molar-refractivity contribution in [1.82, 2.24) is 10.2 Å². The van der Waals surface area contributed by atoms with Crippen LogP contribution in [0.1, 0.15) is 29.8 Å². The first-order valence-electron chi connectivity index (χ1n) is 9.33. The van der Waals surface area contributed by atoms with Gasteiger partial charge in [0.25, 0.3) is 5.91 Å². The average Bonchev–Trinajstić information content (AvgIpc) is 3.36. The van der Waals surface area contributed by atoms with E-state index in [9.17, 15) is 9.59 Å². The fourth-order valence-electron chi connectivity index (χ4n) is 3.24. The third-order valence-electron chi connectivity index (χ3n) is 4.74. The molecule has 3 aromatic rings. The standard InChI is InChI=1S/C22H20N4O2S/c1-15(12-16-8-4-2-5-9-16)20(28)23-22-25-24-21(29-22)17-13-19(27)26(14-17)18-10-6-3-7-11-18/h2-12,17H,13-14H2,1H3,(H,23,25,28)/b15-12+. The minimum Gasteiger partial charge on any atom is -0.312 e. The zero-order valence-corrected chi connectivity index (χ0v) is 16.7. The number of carbonyl (C=O) groups is 2. The number of hydrogen-bond donors (Lipinski definition) is 1. The first kappa shape index (κ1) is 19.0. The Kier molecular flexibility index (Phi) is 5.48. The highest BCUT2D eigenvalue weighted by molar-refractivity contribution is 7.15. The van der Waals surface area contributed by atoms with Crippen molar-refractivity contribution in [2.45, 2.75) is 19.3 Å². The van der Waals surface area contributed by atoms with Crippen molar-refractivity contribution >= 4 is 40.0 Å². The number of carbonyl (C=O) groups excluding carboxylic acids is 2. The summed E-state index contributed by atoms with van der Waals surface area (Å²) in [6.45, 7) is 2.33. The van der Waals surface area contributed by atoms with Gasteiger partial charge < -0.3 is 4.90 Å². The SMILES string of the molecule is C/C(=C\c1ccccc1)C(=O)Nc1nnc(C2CC(=O)N(c3ccccc3)C2)s1. The van der Waals surface area contributed by atoms with Gasteiger partial charge in [0.1, 0.15) is 5.01 Å². The van der Waals surface area contributed by atoms with Crippen LogP contribution in [0.3, 0.4) is 0 Å². The number of anilines is 2. The lowest BCUT2D eigenvalue weighted by molar-refractivity contribution is -0.117. The van der Waals surface area contributed by atoms with Crippen molar-refractivity contribution < 1.29 is 9.59 Å². The average molecular weight is 404 g/mol. The molecule has 29 heavy (non-hydrogen) atoms. The van der Waals surface area contributed by atoms with Gasteiger partial charge >= 0.3 is 0 Å². The van der Waals surface area contributed by atoms with Crippen LogP contribution in [0.25, 0.3) is 6.08 Å². The maximum Gasteiger partial charge on any atom is 0.253 e. The highest BCUT2D eigenvalue weighted by Gasteiger charge is 2.33. The van der Waals surface area contributed by atoms with Gasteiger partial charge in [0.15, 0.2) is 0 Å². The number of rotatable bonds is 5. The minimum atomic E-state index is -0.218. The van der Waals surface area contributed by atoms with Crippen LogP contribution in [-0.2, 0) is 9.59 Å². The van der Waals surface area contributed by atoms with Crippen LogP contribution < -0.4 is 10.2 Å². The number of amides is 2. The van der Waals surface area contributed by atoms with E-state index < -0.39 is 0 Å². The van der Waals surface area contributed by atoms with Crippen LogP contribution in [-0.4, -0.2) is 28.6 Å². The van der Waals surface area contributed by atoms with Crippen LogP contribution in [0.5, 0.6) is 0 Å². The van der Waals surface area contributed by atoms with Crippen LogP contribution in [0.4, 0.5) is 10.8 Å². The lowest BCUT2D eigenvalue weighted by Gasteiger charge is -2.15. The lowest BCUT2D eigenvalue weighted by Crippen LogP contribution is -2.24. The summed E-state index contributed by atoms with van der Waals surface area (Å²) in [6.07, 6.45) is 2.22. The Morgan fingerprint density at radius 3 is 2.52 bits per heavy atom. The fraction of sp³-hybridized carbons (Fsp3) is 0.182. The van der Waals surface area contributed by atoms with Crippen LogP contribution in [0, 0.1) is 0 Å². The summed E-state index contributed by atoms with van der Waals surface area (Å²) in [5.74, 6) is -0.166. The van der Waals surface area contributed by atoms with Crippen LogP contribution >= 0.6 is 11.3 Å². The van der Waals surface area contributed by atoms with Crippen molar-refractivity contribution in [3.05, 3.63) is 76.8 Å². The van der Waals surface area contributed by atoms with Gasteiger partial charge in [-0.15, -0.1) is 10.2 Å².